The fourth-order valence-electron chi connectivity index (χ4n) is 5.14. The lowest BCUT2D eigenvalue weighted by molar-refractivity contribution is -0.152. The average molecular weight is 383 g/mol. The SMILES string of the molecule is COCCn1ccnc1CN1C[C@@H]2C[C@@H](c3ccccc3)CC[C@]2(C(=O)O)C1. The van der Waals surface area contributed by atoms with Crippen molar-refractivity contribution in [3.63, 3.8) is 0 Å². The highest BCUT2D eigenvalue weighted by Crippen LogP contribution is 2.51. The van der Waals surface area contributed by atoms with E-state index in [9.17, 15) is 9.90 Å². The third-order valence-corrected chi connectivity index (χ3v) is 6.67. The van der Waals surface area contributed by atoms with Crippen LogP contribution in [0.1, 0.15) is 36.6 Å². The number of fused-ring (bicyclic) bond motifs is 1. The molecule has 2 heterocycles. The Hall–Kier alpha value is -2.18. The van der Waals surface area contributed by atoms with E-state index in [4.69, 9.17) is 4.74 Å². The molecule has 150 valence electrons. The summed E-state index contributed by atoms with van der Waals surface area (Å²) in [5.74, 6) is 0.999. The Bertz CT molecular complexity index is 806. The van der Waals surface area contributed by atoms with Gasteiger partial charge in [-0.1, -0.05) is 30.3 Å². The van der Waals surface area contributed by atoms with Crippen molar-refractivity contribution in [3.05, 3.63) is 54.1 Å². The molecular weight excluding hydrogens is 354 g/mol. The van der Waals surface area contributed by atoms with Gasteiger partial charge in [-0.2, -0.15) is 0 Å². The molecule has 1 saturated heterocycles. The first-order chi connectivity index (χ1) is 13.6. The summed E-state index contributed by atoms with van der Waals surface area (Å²) in [4.78, 5) is 19.1. The van der Waals surface area contributed by atoms with E-state index >= 15 is 0 Å². The highest BCUT2D eigenvalue weighted by Gasteiger charge is 2.54. The second kappa shape index (κ2) is 8.05. The smallest absolute Gasteiger partial charge is 0.311 e. The molecule has 2 aromatic rings. The van der Waals surface area contributed by atoms with Crippen LogP contribution in [-0.2, 0) is 22.6 Å². The van der Waals surface area contributed by atoms with Crippen LogP contribution in [0, 0.1) is 11.3 Å². The predicted octanol–water partition coefficient (Wildman–Crippen LogP) is 3.00. The van der Waals surface area contributed by atoms with Gasteiger partial charge in [0.2, 0.25) is 0 Å². The Morgan fingerprint density at radius 2 is 2.18 bits per heavy atom. The summed E-state index contributed by atoms with van der Waals surface area (Å²) >= 11 is 0. The van der Waals surface area contributed by atoms with Gasteiger partial charge in [0.15, 0.2) is 0 Å². The van der Waals surface area contributed by atoms with Crippen LogP contribution >= 0.6 is 0 Å². The van der Waals surface area contributed by atoms with E-state index in [1.807, 2.05) is 18.5 Å². The maximum atomic E-state index is 12.3. The van der Waals surface area contributed by atoms with Crippen LogP contribution in [0.15, 0.2) is 42.7 Å². The number of rotatable bonds is 7. The predicted molar refractivity (Wildman–Crippen MR) is 106 cm³/mol. The Kier molecular flexibility index (Phi) is 5.51. The Balaban J connectivity index is 1.49. The number of benzene rings is 1. The quantitative estimate of drug-likeness (QED) is 0.796. The summed E-state index contributed by atoms with van der Waals surface area (Å²) in [6.45, 7) is 3.55. The molecule has 4 rings (SSSR count). The summed E-state index contributed by atoms with van der Waals surface area (Å²) in [6, 6.07) is 10.6. The lowest BCUT2D eigenvalue weighted by Gasteiger charge is -2.38. The van der Waals surface area contributed by atoms with Gasteiger partial charge in [0.25, 0.3) is 0 Å². The van der Waals surface area contributed by atoms with Gasteiger partial charge < -0.3 is 14.4 Å². The minimum atomic E-state index is -0.630. The minimum absolute atomic E-state index is 0.186. The molecule has 6 nitrogen and oxygen atoms in total. The van der Waals surface area contributed by atoms with Crippen molar-refractivity contribution in [1.82, 2.24) is 14.5 Å². The summed E-state index contributed by atoms with van der Waals surface area (Å²) in [6.07, 6.45) is 6.43. The van der Waals surface area contributed by atoms with E-state index in [2.05, 4.69) is 38.7 Å². The van der Waals surface area contributed by atoms with Crippen molar-refractivity contribution >= 4 is 5.97 Å². The number of hydrogen-bond acceptors (Lipinski definition) is 4. The van der Waals surface area contributed by atoms with Crippen molar-refractivity contribution in [2.24, 2.45) is 11.3 Å². The summed E-state index contributed by atoms with van der Waals surface area (Å²) in [7, 11) is 1.70. The number of carboxylic acids is 1. The molecule has 1 aliphatic carbocycles. The van der Waals surface area contributed by atoms with Gasteiger partial charge in [0, 0.05) is 39.1 Å². The Labute approximate surface area is 166 Å². The van der Waals surface area contributed by atoms with E-state index < -0.39 is 11.4 Å². The number of ether oxygens (including phenoxy) is 1. The van der Waals surface area contributed by atoms with Crippen molar-refractivity contribution in [2.75, 3.05) is 26.8 Å². The first kappa shape index (κ1) is 19.2. The van der Waals surface area contributed by atoms with E-state index in [-0.39, 0.29) is 5.92 Å². The normalized spacial score (nSPS) is 27.6. The zero-order chi connectivity index (χ0) is 19.6. The van der Waals surface area contributed by atoms with Gasteiger partial charge in [0.05, 0.1) is 18.6 Å². The highest BCUT2D eigenvalue weighted by molar-refractivity contribution is 5.76. The largest absolute Gasteiger partial charge is 0.481 e. The number of hydrogen-bond donors (Lipinski definition) is 1. The Morgan fingerprint density at radius 3 is 2.93 bits per heavy atom. The van der Waals surface area contributed by atoms with Crippen molar-refractivity contribution in [3.8, 4) is 0 Å². The van der Waals surface area contributed by atoms with Crippen LogP contribution in [0.5, 0.6) is 0 Å². The van der Waals surface area contributed by atoms with E-state index in [0.29, 0.717) is 25.6 Å². The van der Waals surface area contributed by atoms with E-state index in [0.717, 1.165) is 38.2 Å². The molecule has 1 N–H and O–H groups in total. The first-order valence-electron chi connectivity index (χ1n) is 10.1. The molecule has 0 spiro atoms. The summed E-state index contributed by atoms with van der Waals surface area (Å²) in [5.41, 5.74) is 0.727. The number of carbonyl (C=O) groups is 1. The maximum absolute atomic E-state index is 12.3. The lowest BCUT2D eigenvalue weighted by Crippen LogP contribution is -2.42. The van der Waals surface area contributed by atoms with Crippen LogP contribution in [0.4, 0.5) is 0 Å². The number of aliphatic carboxylic acids is 1. The topological polar surface area (TPSA) is 67.6 Å². The molecule has 2 fully saturated rings. The molecule has 1 aromatic carbocycles. The van der Waals surface area contributed by atoms with Gasteiger partial charge in [-0.3, -0.25) is 9.69 Å². The average Bonchev–Trinajstić information content (AvgIpc) is 3.31. The molecule has 2 aliphatic rings. The number of aromatic nitrogens is 2. The van der Waals surface area contributed by atoms with Gasteiger partial charge in [-0.25, -0.2) is 4.98 Å². The molecule has 0 amide bonds. The number of nitrogens with zero attached hydrogens (tertiary/aromatic N) is 3. The standard InChI is InChI=1S/C22H29N3O3/c1-28-12-11-25-10-9-23-20(25)15-24-14-19-13-18(17-5-3-2-4-6-17)7-8-22(19,16-24)21(26)27/h2-6,9-10,18-19H,7-8,11-16H2,1H3,(H,26,27)/t18-,19-,22-/m0/s1. The van der Waals surface area contributed by atoms with Crippen molar-refractivity contribution in [2.45, 2.75) is 38.3 Å². The summed E-state index contributed by atoms with van der Waals surface area (Å²) < 4.78 is 7.28. The maximum Gasteiger partial charge on any atom is 0.311 e. The van der Waals surface area contributed by atoms with Crippen LogP contribution < -0.4 is 0 Å². The molecule has 0 unspecified atom stereocenters. The molecular formula is C22H29N3O3. The Morgan fingerprint density at radius 1 is 1.36 bits per heavy atom. The number of methoxy groups -OCH3 is 1. The molecule has 6 heteroatoms. The van der Waals surface area contributed by atoms with E-state index in [1.54, 1.807) is 7.11 Å². The van der Waals surface area contributed by atoms with Crippen LogP contribution in [0.2, 0.25) is 0 Å². The third-order valence-electron chi connectivity index (χ3n) is 6.67. The molecule has 3 atom stereocenters. The van der Waals surface area contributed by atoms with E-state index in [1.165, 1.54) is 5.56 Å². The third kappa shape index (κ3) is 3.59. The fourth-order valence-corrected chi connectivity index (χ4v) is 5.14. The van der Waals surface area contributed by atoms with Crippen LogP contribution in [-0.4, -0.2) is 52.3 Å². The number of carboxylic acid groups (broad SMARTS) is 1. The molecule has 1 aliphatic heterocycles. The molecule has 0 radical (unpaired) electrons. The van der Waals surface area contributed by atoms with Crippen LogP contribution in [0.25, 0.3) is 0 Å². The molecule has 28 heavy (non-hydrogen) atoms. The molecule has 1 saturated carbocycles. The molecule has 1 aromatic heterocycles. The number of likely N-dealkylation sites (tertiary alicyclic amines) is 1. The highest BCUT2D eigenvalue weighted by atomic mass is 16.5. The second-order valence-corrected chi connectivity index (χ2v) is 8.24. The van der Waals surface area contributed by atoms with Gasteiger partial charge in [-0.15, -0.1) is 0 Å². The zero-order valence-electron chi connectivity index (χ0n) is 16.5. The molecule has 0 bridgehead atoms. The van der Waals surface area contributed by atoms with Gasteiger partial charge in [0.1, 0.15) is 5.82 Å². The lowest BCUT2D eigenvalue weighted by atomic mass is 9.64. The van der Waals surface area contributed by atoms with Gasteiger partial charge >= 0.3 is 5.97 Å². The van der Waals surface area contributed by atoms with Crippen LogP contribution in [0.3, 0.4) is 0 Å². The monoisotopic (exact) mass is 383 g/mol. The summed E-state index contributed by atoms with van der Waals surface area (Å²) in [5, 5.41) is 10.1. The first-order valence-corrected chi connectivity index (χ1v) is 10.1. The van der Waals surface area contributed by atoms with Crippen molar-refractivity contribution < 1.29 is 14.6 Å². The van der Waals surface area contributed by atoms with Gasteiger partial charge in [-0.05, 0) is 36.7 Å². The second-order valence-electron chi connectivity index (χ2n) is 8.24. The fraction of sp³-hybridized carbons (Fsp3) is 0.545. The zero-order valence-corrected chi connectivity index (χ0v) is 16.5. The number of imidazole rings is 1. The van der Waals surface area contributed by atoms with Crippen molar-refractivity contribution in [1.29, 1.82) is 0 Å². The minimum Gasteiger partial charge on any atom is -0.481 e.